The summed E-state index contributed by atoms with van der Waals surface area (Å²) in [5.74, 6) is -2.11. The van der Waals surface area contributed by atoms with Gasteiger partial charge in [-0.25, -0.2) is 13.2 Å². The lowest BCUT2D eigenvalue weighted by Gasteiger charge is -2.27. The van der Waals surface area contributed by atoms with Crippen molar-refractivity contribution >= 4 is 46.4 Å². The van der Waals surface area contributed by atoms with Crippen LogP contribution >= 0.6 is 35.6 Å². The van der Waals surface area contributed by atoms with E-state index in [1.807, 2.05) is 0 Å². The highest BCUT2D eigenvalue weighted by Crippen LogP contribution is 2.40. The molecule has 0 radical (unpaired) electrons. The number of nitrogens with zero attached hydrogens (tertiary/aromatic N) is 1. The summed E-state index contributed by atoms with van der Waals surface area (Å²) in [5, 5.41) is 3.32. The number of nitrogens with one attached hydrogen (secondary N) is 1. The summed E-state index contributed by atoms with van der Waals surface area (Å²) in [6, 6.07) is 8.30. The van der Waals surface area contributed by atoms with Crippen LogP contribution in [0.3, 0.4) is 0 Å². The summed E-state index contributed by atoms with van der Waals surface area (Å²) in [5.41, 5.74) is 0.541. The van der Waals surface area contributed by atoms with E-state index >= 15 is 0 Å². The molecular formula is C16H12ClF3N2S2. The van der Waals surface area contributed by atoms with E-state index in [4.69, 9.17) is 23.8 Å². The van der Waals surface area contributed by atoms with Gasteiger partial charge in [0.25, 0.3) is 0 Å². The molecule has 1 aliphatic rings. The number of hydrogen-bond donors (Lipinski definition) is 1. The van der Waals surface area contributed by atoms with Gasteiger partial charge < -0.3 is 10.2 Å². The Balaban J connectivity index is 1.83. The van der Waals surface area contributed by atoms with Crippen LogP contribution < -0.4 is 5.32 Å². The predicted molar refractivity (Wildman–Crippen MR) is 95.9 cm³/mol. The lowest BCUT2D eigenvalue weighted by molar-refractivity contribution is 0.422. The Labute approximate surface area is 152 Å². The van der Waals surface area contributed by atoms with E-state index in [9.17, 15) is 13.2 Å². The zero-order chi connectivity index (χ0) is 17.3. The molecule has 2 nitrogen and oxygen atoms in total. The summed E-state index contributed by atoms with van der Waals surface area (Å²) < 4.78 is 41.3. The summed E-state index contributed by atoms with van der Waals surface area (Å²) in [6.45, 7) is 0.533. The van der Waals surface area contributed by atoms with E-state index in [0.29, 0.717) is 34.6 Å². The zero-order valence-corrected chi connectivity index (χ0v) is 14.6. The van der Waals surface area contributed by atoms with Crippen molar-refractivity contribution in [2.24, 2.45) is 0 Å². The predicted octanol–water partition coefficient (Wildman–Crippen LogP) is 5.20. The molecule has 1 heterocycles. The van der Waals surface area contributed by atoms with Crippen molar-refractivity contribution in [1.82, 2.24) is 4.90 Å². The quantitative estimate of drug-likeness (QED) is 0.711. The first kappa shape index (κ1) is 17.4. The van der Waals surface area contributed by atoms with Gasteiger partial charge >= 0.3 is 0 Å². The molecule has 0 spiro atoms. The molecule has 126 valence electrons. The van der Waals surface area contributed by atoms with Crippen LogP contribution in [0.25, 0.3) is 0 Å². The average Bonchev–Trinajstić information content (AvgIpc) is 2.98. The number of thioether (sulfide) groups is 1. The summed E-state index contributed by atoms with van der Waals surface area (Å²) in [6.07, 6.45) is 0. The van der Waals surface area contributed by atoms with Gasteiger partial charge in [0.2, 0.25) is 0 Å². The largest absolute Gasteiger partial charge is 0.333 e. The van der Waals surface area contributed by atoms with Gasteiger partial charge in [0.05, 0.1) is 5.56 Å². The molecule has 2 aromatic rings. The maximum absolute atomic E-state index is 14.1. The van der Waals surface area contributed by atoms with Gasteiger partial charge in [-0.15, -0.1) is 11.8 Å². The van der Waals surface area contributed by atoms with Crippen LogP contribution in [0.15, 0.2) is 36.4 Å². The van der Waals surface area contributed by atoms with Crippen molar-refractivity contribution in [3.63, 3.8) is 0 Å². The van der Waals surface area contributed by atoms with Crippen LogP contribution in [0.5, 0.6) is 0 Å². The van der Waals surface area contributed by atoms with E-state index in [1.54, 1.807) is 29.2 Å². The minimum atomic E-state index is -0.940. The highest BCUT2D eigenvalue weighted by atomic mass is 35.5. The van der Waals surface area contributed by atoms with Gasteiger partial charge in [0.1, 0.15) is 22.8 Å². The second kappa shape index (κ2) is 7.21. The third-order valence-electron chi connectivity index (χ3n) is 3.54. The number of benzene rings is 2. The summed E-state index contributed by atoms with van der Waals surface area (Å²) in [7, 11) is 0. The number of anilines is 1. The third-order valence-corrected chi connectivity index (χ3v) is 5.35. The van der Waals surface area contributed by atoms with Crippen molar-refractivity contribution in [2.75, 3.05) is 17.6 Å². The Morgan fingerprint density at radius 2 is 1.79 bits per heavy atom. The van der Waals surface area contributed by atoms with E-state index in [0.717, 1.165) is 5.69 Å². The van der Waals surface area contributed by atoms with E-state index in [2.05, 4.69) is 5.32 Å². The molecule has 0 amide bonds. The highest BCUT2D eigenvalue weighted by Gasteiger charge is 2.33. The number of thiocarbonyl (C=S) groups is 1. The fraction of sp³-hybridized carbons (Fsp3) is 0.188. The third kappa shape index (κ3) is 3.63. The molecule has 1 unspecified atom stereocenters. The van der Waals surface area contributed by atoms with E-state index < -0.39 is 22.8 Å². The molecule has 1 N–H and O–H groups in total. The topological polar surface area (TPSA) is 15.3 Å². The standard InChI is InChI=1S/C16H12ClF3N2S2/c17-9-1-3-11(4-2-9)21-16(23)22-5-6-24-15(22)14-12(19)7-10(18)8-13(14)20/h1-4,7-8,15H,5-6H2,(H,21,23). The fourth-order valence-electron chi connectivity index (χ4n) is 2.43. The van der Waals surface area contributed by atoms with Crippen LogP contribution in [0.4, 0.5) is 18.9 Å². The monoisotopic (exact) mass is 388 g/mol. The SMILES string of the molecule is Fc1cc(F)c(C2SCCN2C(=S)Nc2ccc(Cl)cc2)c(F)c1. The highest BCUT2D eigenvalue weighted by molar-refractivity contribution is 7.99. The van der Waals surface area contributed by atoms with Crippen molar-refractivity contribution in [3.8, 4) is 0 Å². The Bertz CT molecular complexity index is 747. The molecule has 1 saturated heterocycles. The van der Waals surface area contributed by atoms with Crippen molar-refractivity contribution in [3.05, 3.63) is 64.4 Å². The maximum atomic E-state index is 14.1. The van der Waals surface area contributed by atoms with Gasteiger partial charge in [-0.1, -0.05) is 11.6 Å². The first-order chi connectivity index (χ1) is 11.5. The second-order valence-corrected chi connectivity index (χ2v) is 7.15. The Morgan fingerprint density at radius 1 is 1.17 bits per heavy atom. The molecule has 8 heteroatoms. The second-order valence-electron chi connectivity index (χ2n) is 5.14. The average molecular weight is 389 g/mol. The van der Waals surface area contributed by atoms with E-state index in [1.165, 1.54) is 11.8 Å². The van der Waals surface area contributed by atoms with Gasteiger partial charge in [-0.05, 0) is 36.5 Å². The molecule has 0 saturated carbocycles. The van der Waals surface area contributed by atoms with Crippen LogP contribution in [-0.2, 0) is 0 Å². The fourth-order valence-corrected chi connectivity index (χ4v) is 4.25. The van der Waals surface area contributed by atoms with Crippen LogP contribution in [0, 0.1) is 17.5 Å². The molecule has 1 aliphatic heterocycles. The molecule has 1 fully saturated rings. The van der Waals surface area contributed by atoms with Gasteiger partial charge in [-0.3, -0.25) is 0 Å². The minimum Gasteiger partial charge on any atom is -0.333 e. The van der Waals surface area contributed by atoms with Crippen LogP contribution in [-0.4, -0.2) is 22.3 Å². The first-order valence-electron chi connectivity index (χ1n) is 7.05. The minimum absolute atomic E-state index is 0.181. The number of hydrogen-bond acceptors (Lipinski definition) is 2. The summed E-state index contributed by atoms with van der Waals surface area (Å²) in [4.78, 5) is 1.69. The lowest BCUT2D eigenvalue weighted by atomic mass is 10.1. The Kier molecular flexibility index (Phi) is 5.22. The first-order valence-corrected chi connectivity index (χ1v) is 8.88. The maximum Gasteiger partial charge on any atom is 0.174 e. The molecule has 1 atom stereocenters. The molecule has 2 aromatic carbocycles. The van der Waals surface area contributed by atoms with Gasteiger partial charge in [-0.2, -0.15) is 0 Å². The molecule has 3 rings (SSSR count). The molecule has 0 aromatic heterocycles. The van der Waals surface area contributed by atoms with Crippen molar-refractivity contribution in [1.29, 1.82) is 0 Å². The zero-order valence-electron chi connectivity index (χ0n) is 12.2. The molecular weight excluding hydrogens is 377 g/mol. The number of halogens is 4. The van der Waals surface area contributed by atoms with Crippen LogP contribution in [0.1, 0.15) is 10.9 Å². The number of rotatable bonds is 2. The molecule has 24 heavy (non-hydrogen) atoms. The molecule has 0 bridgehead atoms. The Hall–Kier alpha value is -1.44. The van der Waals surface area contributed by atoms with Gasteiger partial charge in [0, 0.05) is 35.1 Å². The summed E-state index contributed by atoms with van der Waals surface area (Å²) >= 11 is 12.6. The molecule has 0 aliphatic carbocycles. The smallest absolute Gasteiger partial charge is 0.174 e. The van der Waals surface area contributed by atoms with Crippen molar-refractivity contribution in [2.45, 2.75) is 5.37 Å². The van der Waals surface area contributed by atoms with Crippen LogP contribution in [0.2, 0.25) is 5.02 Å². The normalized spacial score (nSPS) is 17.2. The van der Waals surface area contributed by atoms with Crippen molar-refractivity contribution < 1.29 is 13.2 Å². The van der Waals surface area contributed by atoms with Gasteiger partial charge in [0.15, 0.2) is 5.11 Å². The van der Waals surface area contributed by atoms with E-state index in [-0.39, 0.29) is 5.56 Å². The Morgan fingerprint density at radius 3 is 2.42 bits per heavy atom. The lowest BCUT2D eigenvalue weighted by Crippen LogP contribution is -2.34.